The largest absolute Gasteiger partial charge is 0.496 e. The molecule has 1 atom stereocenters. The van der Waals surface area contributed by atoms with E-state index in [2.05, 4.69) is 5.32 Å². The molecule has 0 fully saturated rings. The lowest BCUT2D eigenvalue weighted by Crippen LogP contribution is -2.27. The number of methoxy groups -OCH3 is 1. The summed E-state index contributed by atoms with van der Waals surface area (Å²) in [6, 6.07) is 7.71. The van der Waals surface area contributed by atoms with Gasteiger partial charge in [-0.15, -0.1) is 0 Å². The van der Waals surface area contributed by atoms with E-state index in [1.165, 1.54) is 0 Å². The first-order chi connectivity index (χ1) is 9.54. The van der Waals surface area contributed by atoms with E-state index in [-0.39, 0.29) is 17.7 Å². The number of nitrogens with one attached hydrogen (secondary N) is 1. The first-order valence-electron chi connectivity index (χ1n) is 6.72. The van der Waals surface area contributed by atoms with Crippen LogP contribution in [0.15, 0.2) is 24.3 Å². The molecule has 3 N–H and O–H groups in total. The molecule has 0 aliphatic carbocycles. The smallest absolute Gasteiger partial charge is 0.220 e. The van der Waals surface area contributed by atoms with Gasteiger partial charge in [0.2, 0.25) is 11.8 Å². The van der Waals surface area contributed by atoms with Crippen molar-refractivity contribution >= 4 is 11.8 Å². The van der Waals surface area contributed by atoms with Crippen LogP contribution in [0.3, 0.4) is 0 Å². The van der Waals surface area contributed by atoms with Gasteiger partial charge in [-0.05, 0) is 24.5 Å². The zero-order valence-electron chi connectivity index (χ0n) is 12.0. The van der Waals surface area contributed by atoms with Crippen LogP contribution in [-0.4, -0.2) is 25.5 Å². The van der Waals surface area contributed by atoms with Crippen LogP contribution in [-0.2, 0) is 16.0 Å². The fourth-order valence-corrected chi connectivity index (χ4v) is 1.82. The lowest BCUT2D eigenvalue weighted by Gasteiger charge is -2.10. The van der Waals surface area contributed by atoms with Crippen LogP contribution in [0.5, 0.6) is 5.75 Å². The average Bonchev–Trinajstić information content (AvgIpc) is 2.45. The normalized spacial score (nSPS) is 11.7. The van der Waals surface area contributed by atoms with Crippen molar-refractivity contribution in [1.29, 1.82) is 0 Å². The Morgan fingerprint density at radius 3 is 2.70 bits per heavy atom. The van der Waals surface area contributed by atoms with Crippen LogP contribution in [0.25, 0.3) is 0 Å². The van der Waals surface area contributed by atoms with E-state index < -0.39 is 0 Å². The zero-order valence-corrected chi connectivity index (χ0v) is 12.0. The molecule has 0 unspecified atom stereocenters. The van der Waals surface area contributed by atoms with Crippen molar-refractivity contribution in [2.75, 3.05) is 13.7 Å². The van der Waals surface area contributed by atoms with Gasteiger partial charge in [0.25, 0.3) is 0 Å². The number of benzene rings is 1. The summed E-state index contributed by atoms with van der Waals surface area (Å²) in [7, 11) is 1.63. The first kappa shape index (κ1) is 16.0. The van der Waals surface area contributed by atoms with E-state index >= 15 is 0 Å². The fraction of sp³-hybridized carbons (Fsp3) is 0.467. The van der Waals surface area contributed by atoms with Crippen LogP contribution in [0.4, 0.5) is 0 Å². The molecular weight excluding hydrogens is 256 g/mol. The summed E-state index contributed by atoms with van der Waals surface area (Å²) in [5, 5.41) is 2.83. The molecule has 0 saturated carbocycles. The maximum Gasteiger partial charge on any atom is 0.220 e. The van der Waals surface area contributed by atoms with Crippen LogP contribution in [0.1, 0.15) is 25.3 Å². The van der Waals surface area contributed by atoms with E-state index in [1.807, 2.05) is 24.3 Å². The molecule has 0 aliphatic heterocycles. The average molecular weight is 278 g/mol. The Labute approximate surface area is 119 Å². The SMILES string of the molecule is COc1ccccc1CCNC(=O)CC[C@H](C)C(N)=O. The Bertz CT molecular complexity index is 460. The maximum atomic E-state index is 11.6. The van der Waals surface area contributed by atoms with Crippen molar-refractivity contribution in [3.05, 3.63) is 29.8 Å². The van der Waals surface area contributed by atoms with Gasteiger partial charge in [-0.25, -0.2) is 0 Å². The standard InChI is InChI=1S/C15H22N2O3/c1-11(15(16)19)7-8-14(18)17-10-9-12-5-3-4-6-13(12)20-2/h3-6,11H,7-10H2,1-2H3,(H2,16,19)(H,17,18)/t11-/m0/s1. The van der Waals surface area contributed by atoms with Crippen molar-refractivity contribution in [2.24, 2.45) is 11.7 Å². The van der Waals surface area contributed by atoms with Gasteiger partial charge in [0, 0.05) is 18.9 Å². The van der Waals surface area contributed by atoms with E-state index in [0.29, 0.717) is 25.8 Å². The van der Waals surface area contributed by atoms with Crippen molar-refractivity contribution in [3.63, 3.8) is 0 Å². The van der Waals surface area contributed by atoms with E-state index in [0.717, 1.165) is 11.3 Å². The van der Waals surface area contributed by atoms with Crippen molar-refractivity contribution in [3.8, 4) is 5.75 Å². The third-order valence-electron chi connectivity index (χ3n) is 3.20. The van der Waals surface area contributed by atoms with Gasteiger partial charge in [0.1, 0.15) is 5.75 Å². The molecule has 1 rings (SSSR count). The molecule has 0 aromatic heterocycles. The predicted octanol–water partition coefficient (Wildman–Crippen LogP) is 1.26. The second-order valence-corrected chi connectivity index (χ2v) is 4.75. The Morgan fingerprint density at radius 1 is 1.35 bits per heavy atom. The maximum absolute atomic E-state index is 11.6. The van der Waals surface area contributed by atoms with Gasteiger partial charge in [-0.2, -0.15) is 0 Å². The molecule has 2 amide bonds. The molecule has 0 spiro atoms. The lowest BCUT2D eigenvalue weighted by atomic mass is 10.1. The van der Waals surface area contributed by atoms with Gasteiger partial charge < -0.3 is 15.8 Å². The van der Waals surface area contributed by atoms with Gasteiger partial charge in [0.15, 0.2) is 0 Å². The van der Waals surface area contributed by atoms with E-state index in [1.54, 1.807) is 14.0 Å². The minimum Gasteiger partial charge on any atom is -0.496 e. The molecule has 0 radical (unpaired) electrons. The summed E-state index contributed by atoms with van der Waals surface area (Å²) in [4.78, 5) is 22.5. The molecule has 0 saturated heterocycles. The van der Waals surface area contributed by atoms with Gasteiger partial charge in [-0.1, -0.05) is 25.1 Å². The molecule has 0 aliphatic rings. The summed E-state index contributed by atoms with van der Waals surface area (Å²) < 4.78 is 5.24. The number of hydrogen-bond acceptors (Lipinski definition) is 3. The quantitative estimate of drug-likeness (QED) is 0.751. The minimum absolute atomic E-state index is 0.0620. The predicted molar refractivity (Wildman–Crippen MR) is 77.3 cm³/mol. The summed E-state index contributed by atoms with van der Waals surface area (Å²) in [6.45, 7) is 2.27. The number of primary amides is 1. The van der Waals surface area contributed by atoms with Crippen molar-refractivity contribution in [2.45, 2.75) is 26.2 Å². The fourth-order valence-electron chi connectivity index (χ4n) is 1.82. The number of hydrogen-bond donors (Lipinski definition) is 2. The van der Waals surface area contributed by atoms with Crippen molar-refractivity contribution in [1.82, 2.24) is 5.32 Å². The van der Waals surface area contributed by atoms with E-state index in [4.69, 9.17) is 10.5 Å². The molecular formula is C15H22N2O3. The highest BCUT2D eigenvalue weighted by Crippen LogP contribution is 2.17. The highest BCUT2D eigenvalue weighted by Gasteiger charge is 2.11. The van der Waals surface area contributed by atoms with Crippen LogP contribution >= 0.6 is 0 Å². The molecule has 1 aromatic carbocycles. The summed E-state index contributed by atoms with van der Waals surface area (Å²) in [6.07, 6.45) is 1.51. The third-order valence-corrected chi connectivity index (χ3v) is 3.20. The zero-order chi connectivity index (χ0) is 15.0. The highest BCUT2D eigenvalue weighted by atomic mass is 16.5. The number of carbonyl (C=O) groups is 2. The minimum atomic E-state index is -0.369. The Hall–Kier alpha value is -2.04. The van der Waals surface area contributed by atoms with Crippen LogP contribution < -0.4 is 15.8 Å². The summed E-state index contributed by atoms with van der Waals surface area (Å²) >= 11 is 0. The molecule has 20 heavy (non-hydrogen) atoms. The molecule has 5 nitrogen and oxygen atoms in total. The van der Waals surface area contributed by atoms with E-state index in [9.17, 15) is 9.59 Å². The Kier molecular flexibility index (Phi) is 6.56. The molecule has 5 heteroatoms. The van der Waals surface area contributed by atoms with Crippen molar-refractivity contribution < 1.29 is 14.3 Å². The Morgan fingerprint density at radius 2 is 2.05 bits per heavy atom. The highest BCUT2D eigenvalue weighted by molar-refractivity contribution is 5.79. The number of nitrogens with two attached hydrogens (primary N) is 1. The number of rotatable bonds is 8. The number of carbonyl (C=O) groups excluding carboxylic acids is 2. The molecule has 1 aromatic rings. The third kappa shape index (κ3) is 5.30. The molecule has 110 valence electrons. The number of amides is 2. The van der Waals surface area contributed by atoms with Crippen LogP contribution in [0, 0.1) is 5.92 Å². The monoisotopic (exact) mass is 278 g/mol. The topological polar surface area (TPSA) is 81.4 Å². The van der Waals surface area contributed by atoms with Gasteiger partial charge in [0.05, 0.1) is 7.11 Å². The van der Waals surface area contributed by atoms with Crippen LogP contribution in [0.2, 0.25) is 0 Å². The summed E-state index contributed by atoms with van der Waals surface area (Å²) in [5.41, 5.74) is 6.20. The second kappa shape index (κ2) is 8.19. The molecule has 0 bridgehead atoms. The first-order valence-corrected chi connectivity index (χ1v) is 6.72. The number of ether oxygens (including phenoxy) is 1. The number of para-hydroxylation sites is 1. The summed E-state index contributed by atoms with van der Waals surface area (Å²) in [5.74, 6) is 0.124. The van der Waals surface area contributed by atoms with Gasteiger partial charge in [-0.3, -0.25) is 9.59 Å². The van der Waals surface area contributed by atoms with Gasteiger partial charge >= 0.3 is 0 Å². The molecule has 0 heterocycles. The Balaban J connectivity index is 2.30. The lowest BCUT2D eigenvalue weighted by molar-refractivity contribution is -0.123. The second-order valence-electron chi connectivity index (χ2n) is 4.75.